The second-order valence-electron chi connectivity index (χ2n) is 3.81. The first kappa shape index (κ1) is 12.9. The standard InChI is InChI=1S/C13H12IN3O/c1-9-6-10(17-8-16-9)7-15-13(18)11-4-2-3-5-12(11)14/h2-6,8H,7H2,1H3,(H,15,18). The number of rotatable bonds is 3. The molecule has 1 aromatic carbocycles. The number of carbonyl (C=O) groups excluding carboxylic acids is 1. The van der Waals surface area contributed by atoms with Crippen molar-refractivity contribution in [3.63, 3.8) is 0 Å². The Bertz CT molecular complexity index is 572. The molecule has 0 aliphatic rings. The quantitative estimate of drug-likeness (QED) is 0.862. The molecule has 1 aromatic heterocycles. The van der Waals surface area contributed by atoms with E-state index < -0.39 is 0 Å². The smallest absolute Gasteiger partial charge is 0.252 e. The van der Waals surface area contributed by atoms with Gasteiger partial charge in [-0.25, -0.2) is 9.97 Å². The van der Waals surface area contributed by atoms with Gasteiger partial charge in [-0.3, -0.25) is 4.79 Å². The number of carbonyl (C=O) groups is 1. The predicted octanol–water partition coefficient (Wildman–Crippen LogP) is 2.32. The molecule has 2 rings (SSSR count). The summed E-state index contributed by atoms with van der Waals surface area (Å²) < 4.78 is 0.937. The summed E-state index contributed by atoms with van der Waals surface area (Å²) in [6.07, 6.45) is 1.50. The van der Waals surface area contributed by atoms with Gasteiger partial charge in [0, 0.05) is 9.26 Å². The van der Waals surface area contributed by atoms with Gasteiger partial charge in [-0.2, -0.15) is 0 Å². The molecule has 2 aromatic rings. The molecule has 0 unspecified atom stereocenters. The van der Waals surface area contributed by atoms with Crippen LogP contribution in [0.2, 0.25) is 0 Å². The van der Waals surface area contributed by atoms with Crippen molar-refractivity contribution in [2.75, 3.05) is 0 Å². The van der Waals surface area contributed by atoms with Crippen LogP contribution in [0.15, 0.2) is 36.7 Å². The summed E-state index contributed by atoms with van der Waals surface area (Å²) >= 11 is 2.15. The van der Waals surface area contributed by atoms with Crippen molar-refractivity contribution in [2.24, 2.45) is 0 Å². The SMILES string of the molecule is Cc1cc(CNC(=O)c2ccccc2I)ncn1. The predicted molar refractivity (Wildman–Crippen MR) is 77.1 cm³/mol. The lowest BCUT2D eigenvalue weighted by molar-refractivity contribution is 0.0949. The van der Waals surface area contributed by atoms with Crippen LogP contribution in [0.25, 0.3) is 0 Å². The molecule has 0 radical (unpaired) electrons. The summed E-state index contributed by atoms with van der Waals surface area (Å²) in [6, 6.07) is 9.33. The maximum Gasteiger partial charge on any atom is 0.252 e. The Morgan fingerprint density at radius 1 is 1.33 bits per heavy atom. The number of nitrogens with one attached hydrogen (secondary N) is 1. The number of benzene rings is 1. The van der Waals surface area contributed by atoms with E-state index in [9.17, 15) is 4.79 Å². The van der Waals surface area contributed by atoms with Gasteiger partial charge in [-0.05, 0) is 47.7 Å². The van der Waals surface area contributed by atoms with E-state index in [0.717, 1.165) is 15.0 Å². The monoisotopic (exact) mass is 353 g/mol. The topological polar surface area (TPSA) is 54.9 Å². The van der Waals surface area contributed by atoms with Crippen LogP contribution in [0.1, 0.15) is 21.7 Å². The first-order chi connectivity index (χ1) is 8.66. The normalized spacial score (nSPS) is 10.1. The van der Waals surface area contributed by atoms with Crippen molar-refractivity contribution in [3.8, 4) is 0 Å². The van der Waals surface area contributed by atoms with Crippen LogP contribution in [0.4, 0.5) is 0 Å². The average molecular weight is 353 g/mol. The van der Waals surface area contributed by atoms with Gasteiger partial charge >= 0.3 is 0 Å². The molecule has 0 saturated heterocycles. The van der Waals surface area contributed by atoms with Crippen molar-refractivity contribution in [2.45, 2.75) is 13.5 Å². The largest absolute Gasteiger partial charge is 0.346 e. The van der Waals surface area contributed by atoms with E-state index in [1.54, 1.807) is 0 Å². The lowest BCUT2D eigenvalue weighted by Gasteiger charge is -2.06. The molecule has 1 amide bonds. The number of nitrogens with zero attached hydrogens (tertiary/aromatic N) is 2. The Labute approximate surface area is 119 Å². The van der Waals surface area contributed by atoms with Crippen LogP contribution in [-0.2, 0) is 6.54 Å². The highest BCUT2D eigenvalue weighted by atomic mass is 127. The number of aryl methyl sites for hydroxylation is 1. The fourth-order valence-electron chi connectivity index (χ4n) is 1.52. The summed E-state index contributed by atoms with van der Waals surface area (Å²) in [6.45, 7) is 2.31. The highest BCUT2D eigenvalue weighted by Gasteiger charge is 2.08. The fraction of sp³-hybridized carbons (Fsp3) is 0.154. The number of hydrogen-bond acceptors (Lipinski definition) is 3. The van der Waals surface area contributed by atoms with Crippen molar-refractivity contribution >= 4 is 28.5 Å². The van der Waals surface area contributed by atoms with E-state index in [4.69, 9.17) is 0 Å². The van der Waals surface area contributed by atoms with Crippen LogP contribution in [0.5, 0.6) is 0 Å². The van der Waals surface area contributed by atoms with Crippen molar-refractivity contribution in [1.82, 2.24) is 15.3 Å². The molecule has 0 bridgehead atoms. The summed E-state index contributed by atoms with van der Waals surface area (Å²) in [7, 11) is 0. The molecule has 4 nitrogen and oxygen atoms in total. The van der Waals surface area contributed by atoms with E-state index in [0.29, 0.717) is 12.1 Å². The van der Waals surface area contributed by atoms with E-state index >= 15 is 0 Å². The van der Waals surface area contributed by atoms with Gasteiger partial charge in [0.05, 0.1) is 17.8 Å². The van der Waals surface area contributed by atoms with Gasteiger partial charge in [0.2, 0.25) is 0 Å². The minimum atomic E-state index is -0.0868. The first-order valence-corrected chi connectivity index (χ1v) is 6.55. The molecule has 0 aliphatic carbocycles. The summed E-state index contributed by atoms with van der Waals surface area (Å²) in [5, 5.41) is 2.85. The summed E-state index contributed by atoms with van der Waals surface area (Å²) in [5.41, 5.74) is 2.38. The van der Waals surface area contributed by atoms with Gasteiger partial charge < -0.3 is 5.32 Å². The molecule has 18 heavy (non-hydrogen) atoms. The van der Waals surface area contributed by atoms with Gasteiger partial charge in [-0.1, -0.05) is 12.1 Å². The minimum absolute atomic E-state index is 0.0868. The highest BCUT2D eigenvalue weighted by molar-refractivity contribution is 14.1. The van der Waals surface area contributed by atoms with E-state index in [-0.39, 0.29) is 5.91 Å². The maximum absolute atomic E-state index is 12.0. The first-order valence-electron chi connectivity index (χ1n) is 5.47. The Balaban J connectivity index is 2.03. The third kappa shape index (κ3) is 3.25. The molecule has 0 fully saturated rings. The molecule has 0 spiro atoms. The van der Waals surface area contributed by atoms with Gasteiger partial charge in [-0.15, -0.1) is 0 Å². The number of hydrogen-bond donors (Lipinski definition) is 1. The molecule has 92 valence electrons. The zero-order chi connectivity index (χ0) is 13.0. The lowest BCUT2D eigenvalue weighted by Crippen LogP contribution is -2.24. The van der Waals surface area contributed by atoms with Gasteiger partial charge in [0.1, 0.15) is 6.33 Å². The zero-order valence-corrected chi connectivity index (χ0v) is 12.0. The number of halogens is 1. The molecule has 5 heteroatoms. The molecule has 0 aliphatic heterocycles. The minimum Gasteiger partial charge on any atom is -0.346 e. The third-order valence-corrected chi connectivity index (χ3v) is 3.35. The Kier molecular flexibility index (Phi) is 4.24. The van der Waals surface area contributed by atoms with Crippen molar-refractivity contribution < 1.29 is 4.79 Å². The van der Waals surface area contributed by atoms with Crippen LogP contribution in [-0.4, -0.2) is 15.9 Å². The van der Waals surface area contributed by atoms with E-state index in [2.05, 4.69) is 37.9 Å². The molecular weight excluding hydrogens is 341 g/mol. The molecule has 1 heterocycles. The Hall–Kier alpha value is -1.50. The summed E-state index contributed by atoms with van der Waals surface area (Å²) in [5.74, 6) is -0.0868. The zero-order valence-electron chi connectivity index (χ0n) is 9.85. The third-order valence-electron chi connectivity index (χ3n) is 2.41. The summed E-state index contributed by atoms with van der Waals surface area (Å²) in [4.78, 5) is 20.1. The van der Waals surface area contributed by atoms with Crippen LogP contribution in [0.3, 0.4) is 0 Å². The van der Waals surface area contributed by atoms with Gasteiger partial charge in [0.25, 0.3) is 5.91 Å². The van der Waals surface area contributed by atoms with E-state index in [1.165, 1.54) is 6.33 Å². The van der Waals surface area contributed by atoms with Crippen molar-refractivity contribution in [1.29, 1.82) is 0 Å². The lowest BCUT2D eigenvalue weighted by atomic mass is 10.2. The molecule has 1 N–H and O–H groups in total. The van der Waals surface area contributed by atoms with Crippen molar-refractivity contribution in [3.05, 3.63) is 57.2 Å². The fourth-order valence-corrected chi connectivity index (χ4v) is 2.15. The average Bonchev–Trinajstić information content (AvgIpc) is 2.37. The number of aromatic nitrogens is 2. The van der Waals surface area contributed by atoms with Crippen LogP contribution in [0, 0.1) is 10.5 Å². The molecular formula is C13H12IN3O. The van der Waals surface area contributed by atoms with Crippen LogP contribution >= 0.6 is 22.6 Å². The second kappa shape index (κ2) is 5.90. The van der Waals surface area contributed by atoms with E-state index in [1.807, 2.05) is 37.3 Å². The molecule has 0 saturated carbocycles. The van der Waals surface area contributed by atoms with Gasteiger partial charge in [0.15, 0.2) is 0 Å². The van der Waals surface area contributed by atoms with Crippen LogP contribution < -0.4 is 5.32 Å². The Morgan fingerprint density at radius 3 is 2.83 bits per heavy atom. The second-order valence-corrected chi connectivity index (χ2v) is 4.98. The Morgan fingerprint density at radius 2 is 2.11 bits per heavy atom. The molecule has 0 atom stereocenters. The maximum atomic E-state index is 12.0. The number of amides is 1. The highest BCUT2D eigenvalue weighted by Crippen LogP contribution is 2.11.